The zero-order chi connectivity index (χ0) is 30.0. The van der Waals surface area contributed by atoms with Gasteiger partial charge in [-0.3, -0.25) is 14.5 Å². The molecule has 1 saturated heterocycles. The summed E-state index contributed by atoms with van der Waals surface area (Å²) in [5.74, 6) is 0.923. The molecule has 5 nitrogen and oxygen atoms in total. The van der Waals surface area contributed by atoms with Crippen molar-refractivity contribution in [3.8, 4) is 5.75 Å². The van der Waals surface area contributed by atoms with Gasteiger partial charge in [0.25, 0.3) is 0 Å². The number of carbonyl (C=O) groups excluding carboxylic acids is 2. The molecule has 40 heavy (non-hydrogen) atoms. The average molecular weight is 546 g/mol. The van der Waals surface area contributed by atoms with E-state index in [2.05, 4.69) is 39.8 Å². The fourth-order valence-electron chi connectivity index (χ4n) is 4.27. The van der Waals surface area contributed by atoms with Gasteiger partial charge >= 0.3 is 0 Å². The van der Waals surface area contributed by atoms with Crippen LogP contribution in [0.25, 0.3) is 0 Å². The number of aliphatic hydroxyl groups is 1. The number of anilines is 1. The third-order valence-corrected chi connectivity index (χ3v) is 7.86. The smallest absolute Gasteiger partial charge is 0.237 e. The van der Waals surface area contributed by atoms with Gasteiger partial charge in [0.05, 0.1) is 11.3 Å². The maximum Gasteiger partial charge on any atom is 0.237 e. The molecule has 0 aliphatic carbocycles. The van der Waals surface area contributed by atoms with Gasteiger partial charge in [-0.1, -0.05) is 96.1 Å². The molecular formula is C35H47NO4. The Morgan fingerprint density at radius 1 is 0.725 bits per heavy atom. The summed E-state index contributed by atoms with van der Waals surface area (Å²) in [4.78, 5) is 25.0. The van der Waals surface area contributed by atoms with Crippen LogP contribution in [0, 0.1) is 11.8 Å². The second kappa shape index (κ2) is 14.8. The van der Waals surface area contributed by atoms with E-state index in [1.54, 1.807) is 38.1 Å². The summed E-state index contributed by atoms with van der Waals surface area (Å²) in [7, 11) is 0. The predicted octanol–water partition coefficient (Wildman–Crippen LogP) is 8.17. The van der Waals surface area contributed by atoms with Crippen molar-refractivity contribution in [1.82, 2.24) is 0 Å². The van der Waals surface area contributed by atoms with Crippen LogP contribution in [-0.2, 0) is 15.2 Å². The monoisotopic (exact) mass is 545 g/mol. The standard InChI is InChI=1S/C13H20O.C12H13NO2.C10H14O/c1-5-10(2)11-6-8-12(9-7-11)13(3,4)14;1-8-9(2)12(15)13(11(8)14)10-6-4-3-5-7-10;1-3-8(2)9-4-6-10(11)7-5-9/h6-10,14H,5H2,1-4H3;3-9H,1-2H3;4-8,11H,3H2,1-2H3. The van der Waals surface area contributed by atoms with Gasteiger partial charge in [0, 0.05) is 11.8 Å². The van der Waals surface area contributed by atoms with Gasteiger partial charge in [-0.05, 0) is 79.5 Å². The van der Waals surface area contributed by atoms with Gasteiger partial charge in [0.15, 0.2) is 0 Å². The zero-order valence-corrected chi connectivity index (χ0v) is 25.4. The minimum atomic E-state index is -0.728. The number of carbonyl (C=O) groups is 2. The molecule has 4 atom stereocenters. The lowest BCUT2D eigenvalue weighted by atomic mass is 9.93. The van der Waals surface area contributed by atoms with E-state index in [9.17, 15) is 14.7 Å². The van der Waals surface area contributed by atoms with Crippen molar-refractivity contribution in [1.29, 1.82) is 0 Å². The van der Waals surface area contributed by atoms with Gasteiger partial charge in [0.2, 0.25) is 11.8 Å². The molecule has 1 aliphatic heterocycles. The fourth-order valence-corrected chi connectivity index (χ4v) is 4.27. The third kappa shape index (κ3) is 8.79. The summed E-state index contributed by atoms with van der Waals surface area (Å²) < 4.78 is 0. The molecule has 3 aromatic carbocycles. The minimum absolute atomic E-state index is 0.0984. The second-order valence-electron chi connectivity index (χ2n) is 11.3. The van der Waals surface area contributed by atoms with Crippen LogP contribution in [-0.4, -0.2) is 22.0 Å². The molecule has 4 rings (SSSR count). The largest absolute Gasteiger partial charge is 0.508 e. The van der Waals surface area contributed by atoms with Gasteiger partial charge < -0.3 is 10.2 Å². The topological polar surface area (TPSA) is 77.8 Å². The molecule has 4 unspecified atom stereocenters. The number of aromatic hydroxyl groups is 1. The molecule has 2 amide bonds. The minimum Gasteiger partial charge on any atom is -0.508 e. The summed E-state index contributed by atoms with van der Waals surface area (Å²) >= 11 is 0. The van der Waals surface area contributed by atoms with Crippen LogP contribution in [0.15, 0.2) is 78.9 Å². The van der Waals surface area contributed by atoms with Crippen molar-refractivity contribution in [2.24, 2.45) is 11.8 Å². The van der Waals surface area contributed by atoms with E-state index in [1.807, 2.05) is 56.3 Å². The molecule has 1 fully saturated rings. The van der Waals surface area contributed by atoms with Crippen LogP contribution in [0.2, 0.25) is 0 Å². The quantitative estimate of drug-likeness (QED) is 0.306. The van der Waals surface area contributed by atoms with E-state index in [0.717, 1.165) is 18.4 Å². The second-order valence-corrected chi connectivity index (χ2v) is 11.3. The summed E-state index contributed by atoms with van der Waals surface area (Å²) in [5, 5.41) is 18.8. The Hall–Kier alpha value is -3.44. The highest BCUT2D eigenvalue weighted by atomic mass is 16.3. The number of phenols is 1. The van der Waals surface area contributed by atoms with Gasteiger partial charge in [-0.15, -0.1) is 0 Å². The van der Waals surface area contributed by atoms with E-state index < -0.39 is 5.60 Å². The molecule has 0 aromatic heterocycles. The predicted molar refractivity (Wildman–Crippen MR) is 164 cm³/mol. The average Bonchev–Trinajstić information content (AvgIpc) is 3.15. The molecule has 0 bridgehead atoms. The number of rotatable bonds is 6. The van der Waals surface area contributed by atoms with Crippen LogP contribution in [0.1, 0.15) is 96.8 Å². The van der Waals surface area contributed by atoms with E-state index in [1.165, 1.54) is 16.0 Å². The summed E-state index contributed by atoms with van der Waals surface area (Å²) in [6.45, 7) is 16.0. The first-order chi connectivity index (χ1) is 18.8. The Labute approximate surface area is 240 Å². The molecule has 3 aromatic rings. The Morgan fingerprint density at radius 2 is 1.12 bits per heavy atom. The maximum atomic E-state index is 11.8. The van der Waals surface area contributed by atoms with E-state index in [4.69, 9.17) is 5.11 Å². The number of benzene rings is 3. The fraction of sp³-hybridized carbons (Fsp3) is 0.429. The van der Waals surface area contributed by atoms with Crippen molar-refractivity contribution >= 4 is 17.5 Å². The van der Waals surface area contributed by atoms with E-state index >= 15 is 0 Å². The number of phenolic OH excluding ortho intramolecular Hbond substituents is 1. The Kier molecular flexibility index (Phi) is 12.1. The number of imide groups is 1. The molecule has 5 heteroatoms. The molecular weight excluding hydrogens is 498 g/mol. The normalized spacial score (nSPS) is 18.3. The molecule has 216 valence electrons. The highest BCUT2D eigenvalue weighted by Crippen LogP contribution is 2.30. The van der Waals surface area contributed by atoms with Crippen LogP contribution >= 0.6 is 0 Å². The molecule has 1 aliphatic rings. The van der Waals surface area contributed by atoms with E-state index in [-0.39, 0.29) is 23.7 Å². The number of hydrogen-bond donors (Lipinski definition) is 2. The molecule has 0 radical (unpaired) electrons. The SMILES string of the molecule is CC1C(=O)N(c2ccccc2)C(=O)C1C.CCC(C)c1ccc(C(C)(C)O)cc1.CCC(C)c1ccc(O)cc1. The maximum absolute atomic E-state index is 11.8. The van der Waals surface area contributed by atoms with Crippen molar-refractivity contribution < 1.29 is 19.8 Å². The van der Waals surface area contributed by atoms with Crippen molar-refractivity contribution in [3.63, 3.8) is 0 Å². The zero-order valence-electron chi connectivity index (χ0n) is 25.4. The Bertz CT molecular complexity index is 1180. The molecule has 0 spiro atoms. The van der Waals surface area contributed by atoms with Gasteiger partial charge in [0.1, 0.15) is 5.75 Å². The lowest BCUT2D eigenvalue weighted by molar-refractivity contribution is -0.122. The van der Waals surface area contributed by atoms with Gasteiger partial charge in [-0.2, -0.15) is 0 Å². The first-order valence-corrected chi connectivity index (χ1v) is 14.4. The van der Waals surface area contributed by atoms with Crippen molar-refractivity contribution in [2.75, 3.05) is 4.90 Å². The van der Waals surface area contributed by atoms with Crippen molar-refractivity contribution in [3.05, 3.63) is 95.6 Å². The number of hydrogen-bond acceptors (Lipinski definition) is 4. The Morgan fingerprint density at radius 3 is 1.50 bits per heavy atom. The number of para-hydroxylation sites is 1. The highest BCUT2D eigenvalue weighted by molar-refractivity contribution is 6.21. The lowest BCUT2D eigenvalue weighted by Gasteiger charge is -2.18. The van der Waals surface area contributed by atoms with E-state index in [0.29, 0.717) is 23.3 Å². The first-order valence-electron chi connectivity index (χ1n) is 14.4. The molecule has 2 N–H and O–H groups in total. The highest BCUT2D eigenvalue weighted by Gasteiger charge is 2.42. The van der Waals surface area contributed by atoms with Gasteiger partial charge in [-0.25, -0.2) is 0 Å². The molecule has 0 saturated carbocycles. The lowest BCUT2D eigenvalue weighted by Crippen LogP contribution is -2.30. The van der Waals surface area contributed by atoms with Crippen LogP contribution in [0.4, 0.5) is 5.69 Å². The van der Waals surface area contributed by atoms with Crippen molar-refractivity contribution in [2.45, 2.75) is 85.7 Å². The first kappa shape index (κ1) is 32.8. The third-order valence-electron chi connectivity index (χ3n) is 7.86. The number of nitrogens with zero attached hydrogens (tertiary/aromatic N) is 1. The summed E-state index contributed by atoms with van der Waals surface area (Å²) in [6, 6.07) is 24.7. The number of amides is 2. The Balaban J connectivity index is 0.000000213. The van der Waals surface area contributed by atoms with Crippen LogP contribution < -0.4 is 4.90 Å². The summed E-state index contributed by atoms with van der Waals surface area (Å²) in [5.41, 5.74) is 3.56. The van der Waals surface area contributed by atoms with Crippen LogP contribution in [0.5, 0.6) is 5.75 Å². The summed E-state index contributed by atoms with van der Waals surface area (Å²) in [6.07, 6.45) is 2.30. The van der Waals surface area contributed by atoms with Crippen LogP contribution in [0.3, 0.4) is 0 Å². The molecule has 1 heterocycles.